The summed E-state index contributed by atoms with van der Waals surface area (Å²) in [5.41, 5.74) is 23.0. The third-order valence-corrected chi connectivity index (χ3v) is 13.1. The number of hydrogen-bond acceptors (Lipinski definition) is 1. The summed E-state index contributed by atoms with van der Waals surface area (Å²) in [5, 5.41) is 0. The fourth-order valence-electron chi connectivity index (χ4n) is 10.4. The Morgan fingerprint density at radius 3 is 1.13 bits per heavy atom. The summed E-state index contributed by atoms with van der Waals surface area (Å²) in [6.45, 7) is 0. The third-order valence-electron chi connectivity index (χ3n) is 13.1. The van der Waals surface area contributed by atoms with Gasteiger partial charge in [0.1, 0.15) is 0 Å². The van der Waals surface area contributed by atoms with Crippen molar-refractivity contribution >= 4 is 17.1 Å². The Balaban J connectivity index is 1.12. The highest BCUT2D eigenvalue weighted by Gasteiger charge is 2.52. The summed E-state index contributed by atoms with van der Waals surface area (Å²) in [5.74, 6) is 0. The molecule has 0 saturated carbocycles. The van der Waals surface area contributed by atoms with Crippen LogP contribution in [0.25, 0.3) is 66.8 Å². The molecule has 1 heteroatoms. The number of anilines is 3. The Morgan fingerprint density at radius 1 is 0.242 bits per heavy atom. The minimum absolute atomic E-state index is 0.438. The first-order chi connectivity index (χ1) is 30.8. The molecular formula is C61H41N. The maximum absolute atomic E-state index is 2.45. The van der Waals surface area contributed by atoms with E-state index in [1.807, 2.05) is 0 Å². The van der Waals surface area contributed by atoms with Crippen molar-refractivity contribution in [3.63, 3.8) is 0 Å². The minimum Gasteiger partial charge on any atom is -0.310 e. The molecule has 10 aromatic rings. The lowest BCUT2D eigenvalue weighted by atomic mass is 9.70. The van der Waals surface area contributed by atoms with Gasteiger partial charge in [-0.1, -0.05) is 212 Å². The summed E-state index contributed by atoms with van der Waals surface area (Å²) in [6.07, 6.45) is 0. The van der Waals surface area contributed by atoms with Crippen LogP contribution in [0.3, 0.4) is 0 Å². The quantitative estimate of drug-likeness (QED) is 0.155. The molecule has 0 amide bonds. The van der Waals surface area contributed by atoms with Crippen molar-refractivity contribution in [2.45, 2.75) is 5.41 Å². The van der Waals surface area contributed by atoms with E-state index in [4.69, 9.17) is 0 Å². The van der Waals surface area contributed by atoms with Crippen LogP contribution in [0.1, 0.15) is 22.3 Å². The van der Waals surface area contributed by atoms with E-state index in [0.29, 0.717) is 0 Å². The van der Waals surface area contributed by atoms with Crippen LogP contribution >= 0.6 is 0 Å². The van der Waals surface area contributed by atoms with E-state index in [-0.39, 0.29) is 0 Å². The SMILES string of the molecule is c1ccc(-c2ccc(N(c3ccc(-c4ccccc4)cc3)c3ccc(-c4ccccc4)cc3-c3cccc4c3-c3ccccc3C43c4ccccc4-c4ccccc43)cc2)cc1. The van der Waals surface area contributed by atoms with Crippen LogP contribution in [0.5, 0.6) is 0 Å². The standard InChI is InChI=1S/C61H41N/c1-4-17-42(18-5-1)45-31-36-48(37-32-45)62(49-38-33-46(34-39-49)43-19-6-2-7-20-43)59-40-35-47(44-21-8-3-9-22-44)41-54(59)52-26-16-30-58-60(52)53-25-12-15-29-57(53)61(58)55-27-13-10-23-50(55)51-24-11-14-28-56(51)61/h1-41H. The number of nitrogens with zero attached hydrogens (tertiary/aromatic N) is 1. The molecule has 0 fully saturated rings. The Labute approximate surface area is 363 Å². The van der Waals surface area contributed by atoms with Gasteiger partial charge in [0.15, 0.2) is 0 Å². The van der Waals surface area contributed by atoms with Gasteiger partial charge in [-0.2, -0.15) is 0 Å². The highest BCUT2D eigenvalue weighted by atomic mass is 15.1. The Morgan fingerprint density at radius 2 is 0.613 bits per heavy atom. The zero-order chi connectivity index (χ0) is 41.0. The third kappa shape index (κ3) is 5.56. The molecular weight excluding hydrogens is 747 g/mol. The largest absolute Gasteiger partial charge is 0.310 e. The van der Waals surface area contributed by atoms with Crippen LogP contribution in [0, 0.1) is 0 Å². The number of rotatable bonds is 7. The van der Waals surface area contributed by atoms with Gasteiger partial charge in [-0.25, -0.2) is 0 Å². The number of fused-ring (bicyclic) bond motifs is 10. The van der Waals surface area contributed by atoms with E-state index in [1.165, 1.54) is 89.0 Å². The summed E-state index contributed by atoms with van der Waals surface area (Å²) in [6, 6.07) is 91.5. The normalized spacial score (nSPS) is 12.6. The van der Waals surface area contributed by atoms with E-state index in [1.54, 1.807) is 0 Å². The van der Waals surface area contributed by atoms with Crippen LogP contribution in [0.4, 0.5) is 17.1 Å². The van der Waals surface area contributed by atoms with Gasteiger partial charge in [-0.15, -0.1) is 0 Å². The molecule has 0 radical (unpaired) electrons. The van der Waals surface area contributed by atoms with Crippen LogP contribution in [0.15, 0.2) is 249 Å². The van der Waals surface area contributed by atoms with Crippen molar-refractivity contribution in [2.75, 3.05) is 4.90 Å². The molecule has 0 N–H and O–H groups in total. The summed E-state index contributed by atoms with van der Waals surface area (Å²) in [4.78, 5) is 2.45. The molecule has 12 rings (SSSR count). The first kappa shape index (κ1) is 35.9. The van der Waals surface area contributed by atoms with E-state index >= 15 is 0 Å². The van der Waals surface area contributed by atoms with Gasteiger partial charge in [-0.3, -0.25) is 0 Å². The van der Waals surface area contributed by atoms with Gasteiger partial charge in [0, 0.05) is 16.9 Å². The molecule has 0 bridgehead atoms. The average molecular weight is 788 g/mol. The molecule has 0 atom stereocenters. The van der Waals surface area contributed by atoms with Gasteiger partial charge >= 0.3 is 0 Å². The van der Waals surface area contributed by atoms with Crippen molar-refractivity contribution in [1.82, 2.24) is 0 Å². The van der Waals surface area contributed by atoms with E-state index in [2.05, 4.69) is 254 Å². The second kappa shape index (κ2) is 14.6. The van der Waals surface area contributed by atoms with Gasteiger partial charge in [0.2, 0.25) is 0 Å². The molecule has 1 spiro atoms. The molecule has 290 valence electrons. The average Bonchev–Trinajstić information content (AvgIpc) is 3.83. The molecule has 2 aliphatic carbocycles. The lowest BCUT2D eigenvalue weighted by molar-refractivity contribution is 0.794. The molecule has 2 aliphatic rings. The predicted molar refractivity (Wildman–Crippen MR) is 259 cm³/mol. The lowest BCUT2D eigenvalue weighted by Crippen LogP contribution is -2.25. The molecule has 0 saturated heterocycles. The molecule has 0 aromatic heterocycles. The van der Waals surface area contributed by atoms with Gasteiger partial charge in [-0.05, 0) is 120 Å². The van der Waals surface area contributed by atoms with Crippen molar-refractivity contribution in [3.8, 4) is 66.8 Å². The maximum Gasteiger partial charge on any atom is 0.0725 e. The van der Waals surface area contributed by atoms with Crippen LogP contribution in [0.2, 0.25) is 0 Å². The fourth-order valence-corrected chi connectivity index (χ4v) is 10.4. The summed E-state index contributed by atoms with van der Waals surface area (Å²) >= 11 is 0. The molecule has 0 heterocycles. The monoisotopic (exact) mass is 787 g/mol. The second-order valence-corrected chi connectivity index (χ2v) is 16.4. The summed E-state index contributed by atoms with van der Waals surface area (Å²) < 4.78 is 0. The second-order valence-electron chi connectivity index (χ2n) is 16.4. The summed E-state index contributed by atoms with van der Waals surface area (Å²) in [7, 11) is 0. The van der Waals surface area contributed by atoms with Crippen molar-refractivity contribution < 1.29 is 0 Å². The topological polar surface area (TPSA) is 3.24 Å². The molecule has 62 heavy (non-hydrogen) atoms. The van der Waals surface area contributed by atoms with Gasteiger partial charge in [0.25, 0.3) is 0 Å². The molecule has 0 aliphatic heterocycles. The predicted octanol–water partition coefficient (Wildman–Crippen LogP) is 16.2. The Kier molecular flexibility index (Phi) is 8.47. The number of benzene rings is 10. The van der Waals surface area contributed by atoms with Crippen LogP contribution in [-0.4, -0.2) is 0 Å². The first-order valence-electron chi connectivity index (χ1n) is 21.5. The van der Waals surface area contributed by atoms with Crippen LogP contribution < -0.4 is 4.90 Å². The minimum atomic E-state index is -0.438. The van der Waals surface area contributed by atoms with Crippen LogP contribution in [-0.2, 0) is 5.41 Å². The fraction of sp³-hybridized carbons (Fsp3) is 0.0164. The molecule has 0 unspecified atom stereocenters. The van der Waals surface area contributed by atoms with Gasteiger partial charge in [0.05, 0.1) is 11.1 Å². The highest BCUT2D eigenvalue weighted by Crippen LogP contribution is 2.64. The Bertz CT molecular complexity index is 3130. The van der Waals surface area contributed by atoms with Crippen molar-refractivity contribution in [3.05, 3.63) is 271 Å². The maximum atomic E-state index is 2.45. The molecule has 10 aromatic carbocycles. The molecule has 1 nitrogen and oxygen atoms in total. The zero-order valence-corrected chi connectivity index (χ0v) is 34.1. The van der Waals surface area contributed by atoms with E-state index in [0.717, 1.165) is 17.1 Å². The number of hydrogen-bond donors (Lipinski definition) is 0. The lowest BCUT2D eigenvalue weighted by Gasteiger charge is -2.31. The first-order valence-corrected chi connectivity index (χ1v) is 21.5. The van der Waals surface area contributed by atoms with E-state index in [9.17, 15) is 0 Å². The highest BCUT2D eigenvalue weighted by molar-refractivity contribution is 6.03. The Hall–Kier alpha value is -8.00. The van der Waals surface area contributed by atoms with Gasteiger partial charge < -0.3 is 4.90 Å². The zero-order valence-electron chi connectivity index (χ0n) is 34.1. The van der Waals surface area contributed by atoms with E-state index < -0.39 is 5.41 Å². The van der Waals surface area contributed by atoms with Crippen molar-refractivity contribution in [2.24, 2.45) is 0 Å². The smallest absolute Gasteiger partial charge is 0.0725 e. The van der Waals surface area contributed by atoms with Crippen molar-refractivity contribution in [1.29, 1.82) is 0 Å².